The second kappa shape index (κ2) is 7.11. The molecule has 0 atom stereocenters. The highest BCUT2D eigenvalue weighted by Gasteiger charge is 2.09. The van der Waals surface area contributed by atoms with Crippen molar-refractivity contribution in [2.24, 2.45) is 0 Å². The highest BCUT2D eigenvalue weighted by Crippen LogP contribution is 2.29. The molecule has 0 saturated carbocycles. The molecular weight excluding hydrogens is 260 g/mol. The minimum Gasteiger partial charge on any atom is -0.0654 e. The molecule has 0 aliphatic rings. The van der Waals surface area contributed by atoms with E-state index in [2.05, 4.69) is 54.9 Å². The van der Waals surface area contributed by atoms with E-state index in [4.69, 9.17) is 0 Å². The van der Waals surface area contributed by atoms with E-state index < -0.39 is 0 Å². The van der Waals surface area contributed by atoms with E-state index in [1.165, 1.54) is 47.7 Å². The molecule has 0 saturated heterocycles. The first-order valence-corrected chi connectivity index (χ1v) is 7.23. The first-order valence-electron chi connectivity index (χ1n) is 6.44. The van der Waals surface area contributed by atoms with Crippen LogP contribution in [0.25, 0.3) is 0 Å². The smallest absolute Gasteiger partial charge is 0.0212 e. The molecule has 16 heavy (non-hydrogen) atoms. The van der Waals surface area contributed by atoms with Crippen molar-refractivity contribution >= 4 is 15.9 Å². The van der Waals surface area contributed by atoms with Gasteiger partial charge in [0.1, 0.15) is 0 Å². The van der Waals surface area contributed by atoms with Gasteiger partial charge in [-0.05, 0) is 36.0 Å². The van der Waals surface area contributed by atoms with Gasteiger partial charge in [-0.2, -0.15) is 0 Å². The lowest BCUT2D eigenvalue weighted by Crippen LogP contribution is -1.98. The van der Waals surface area contributed by atoms with Gasteiger partial charge in [-0.1, -0.05) is 68.1 Å². The van der Waals surface area contributed by atoms with Crippen molar-refractivity contribution in [2.45, 2.75) is 58.8 Å². The van der Waals surface area contributed by atoms with Crippen molar-refractivity contribution in [3.63, 3.8) is 0 Å². The Balaban J connectivity index is 2.67. The van der Waals surface area contributed by atoms with E-state index in [1.54, 1.807) is 0 Å². The zero-order chi connectivity index (χ0) is 12.0. The maximum absolute atomic E-state index is 3.67. The van der Waals surface area contributed by atoms with Gasteiger partial charge < -0.3 is 0 Å². The molecule has 0 aliphatic heterocycles. The van der Waals surface area contributed by atoms with Crippen molar-refractivity contribution < 1.29 is 0 Å². The van der Waals surface area contributed by atoms with Crippen LogP contribution >= 0.6 is 15.9 Å². The maximum Gasteiger partial charge on any atom is 0.0212 e. The normalized spacial score (nSPS) is 11.1. The second-order valence-corrected chi connectivity index (χ2v) is 5.63. The fraction of sp³-hybridized carbons (Fsp3) is 0.600. The van der Waals surface area contributed by atoms with Crippen LogP contribution in [0.4, 0.5) is 0 Å². The summed E-state index contributed by atoms with van der Waals surface area (Å²) >= 11 is 3.67. The molecule has 0 aromatic heterocycles. The zero-order valence-corrected chi connectivity index (χ0v) is 12.3. The van der Waals surface area contributed by atoms with Gasteiger partial charge in [0.25, 0.3) is 0 Å². The van der Waals surface area contributed by atoms with Crippen molar-refractivity contribution in [3.8, 4) is 0 Å². The molecular formula is C15H23Br. The lowest BCUT2D eigenvalue weighted by molar-refractivity contribution is 0.661. The lowest BCUT2D eigenvalue weighted by Gasteiger charge is -2.14. The Hall–Kier alpha value is -0.300. The van der Waals surface area contributed by atoms with E-state index in [-0.39, 0.29) is 0 Å². The summed E-state index contributed by atoms with van der Waals surface area (Å²) in [6, 6.07) is 6.60. The van der Waals surface area contributed by atoms with Crippen LogP contribution in [0.1, 0.15) is 63.5 Å². The van der Waals surface area contributed by atoms with Crippen molar-refractivity contribution in [2.75, 3.05) is 0 Å². The molecule has 0 amide bonds. The van der Waals surface area contributed by atoms with Crippen LogP contribution < -0.4 is 0 Å². The van der Waals surface area contributed by atoms with E-state index in [9.17, 15) is 0 Å². The monoisotopic (exact) mass is 282 g/mol. The molecule has 0 nitrogen and oxygen atoms in total. The Bertz CT molecular complexity index is 315. The second-order valence-electron chi connectivity index (χ2n) is 4.78. The van der Waals surface area contributed by atoms with Crippen LogP contribution in [0.3, 0.4) is 0 Å². The molecule has 0 N–H and O–H groups in total. The van der Waals surface area contributed by atoms with Gasteiger partial charge in [-0.15, -0.1) is 0 Å². The molecule has 0 spiro atoms. The summed E-state index contributed by atoms with van der Waals surface area (Å²) in [5, 5.41) is 0. The van der Waals surface area contributed by atoms with Crippen LogP contribution in [0.5, 0.6) is 0 Å². The van der Waals surface area contributed by atoms with Gasteiger partial charge in [0.15, 0.2) is 0 Å². The topological polar surface area (TPSA) is 0 Å². The molecule has 90 valence electrons. The standard InChI is InChI=1S/C15H23Br/c1-4-5-6-7-9-13-10-8-11-14(16)15(13)12(2)3/h8,10-12H,4-7,9H2,1-3H3. The molecule has 1 aromatic carbocycles. The third-order valence-electron chi connectivity index (χ3n) is 3.02. The molecule has 1 rings (SSSR count). The summed E-state index contributed by atoms with van der Waals surface area (Å²) in [6.45, 7) is 6.81. The van der Waals surface area contributed by atoms with Gasteiger partial charge in [0.2, 0.25) is 0 Å². The molecule has 0 aliphatic carbocycles. The molecule has 0 radical (unpaired) electrons. The third-order valence-corrected chi connectivity index (χ3v) is 3.71. The predicted octanol–water partition coefficient (Wildman–Crippen LogP) is 5.70. The SMILES string of the molecule is CCCCCCc1cccc(Br)c1C(C)C. The first-order chi connectivity index (χ1) is 7.66. The van der Waals surface area contributed by atoms with Gasteiger partial charge >= 0.3 is 0 Å². The summed E-state index contributed by atoms with van der Waals surface area (Å²) in [5.41, 5.74) is 3.03. The number of aryl methyl sites for hydroxylation is 1. The Labute approximate surface area is 109 Å². The van der Waals surface area contributed by atoms with Crippen LogP contribution in [0.2, 0.25) is 0 Å². The van der Waals surface area contributed by atoms with Gasteiger partial charge in [-0.3, -0.25) is 0 Å². The Morgan fingerprint density at radius 2 is 1.88 bits per heavy atom. The van der Waals surface area contributed by atoms with Crippen LogP contribution in [-0.4, -0.2) is 0 Å². The van der Waals surface area contributed by atoms with Crippen LogP contribution in [0.15, 0.2) is 22.7 Å². The minimum absolute atomic E-state index is 0.608. The van der Waals surface area contributed by atoms with Crippen molar-refractivity contribution in [3.05, 3.63) is 33.8 Å². The van der Waals surface area contributed by atoms with Gasteiger partial charge in [-0.25, -0.2) is 0 Å². The largest absolute Gasteiger partial charge is 0.0654 e. The summed E-state index contributed by atoms with van der Waals surface area (Å²) in [4.78, 5) is 0. The van der Waals surface area contributed by atoms with Crippen molar-refractivity contribution in [1.82, 2.24) is 0 Å². The highest BCUT2D eigenvalue weighted by atomic mass is 79.9. The quantitative estimate of drug-likeness (QED) is 0.588. The number of rotatable bonds is 6. The first kappa shape index (κ1) is 13.8. The summed E-state index contributed by atoms with van der Waals surface area (Å²) in [7, 11) is 0. The maximum atomic E-state index is 3.67. The molecule has 0 heterocycles. The van der Waals surface area contributed by atoms with Crippen molar-refractivity contribution in [1.29, 1.82) is 0 Å². The average Bonchev–Trinajstić information content (AvgIpc) is 2.24. The molecule has 0 unspecified atom stereocenters. The molecule has 1 heteroatoms. The van der Waals surface area contributed by atoms with E-state index in [0.29, 0.717) is 5.92 Å². The van der Waals surface area contributed by atoms with E-state index >= 15 is 0 Å². The third kappa shape index (κ3) is 3.93. The number of benzene rings is 1. The zero-order valence-electron chi connectivity index (χ0n) is 10.7. The Morgan fingerprint density at radius 1 is 1.12 bits per heavy atom. The number of hydrogen-bond donors (Lipinski definition) is 0. The summed E-state index contributed by atoms with van der Waals surface area (Å²) < 4.78 is 1.27. The fourth-order valence-electron chi connectivity index (χ4n) is 2.19. The highest BCUT2D eigenvalue weighted by molar-refractivity contribution is 9.10. The van der Waals surface area contributed by atoms with Gasteiger partial charge in [0, 0.05) is 4.47 Å². The fourth-order valence-corrected chi connectivity index (χ4v) is 3.05. The van der Waals surface area contributed by atoms with Crippen LogP contribution in [-0.2, 0) is 6.42 Å². The molecule has 1 aromatic rings. The van der Waals surface area contributed by atoms with Crippen LogP contribution in [0, 0.1) is 0 Å². The molecule has 0 bridgehead atoms. The average molecular weight is 283 g/mol. The summed E-state index contributed by atoms with van der Waals surface area (Å²) in [5.74, 6) is 0.608. The van der Waals surface area contributed by atoms with Gasteiger partial charge in [0.05, 0.1) is 0 Å². The van der Waals surface area contributed by atoms with E-state index in [1.807, 2.05) is 0 Å². The lowest BCUT2D eigenvalue weighted by atomic mass is 9.94. The Kier molecular flexibility index (Phi) is 6.12. The number of halogens is 1. The van der Waals surface area contributed by atoms with E-state index in [0.717, 1.165) is 0 Å². The molecule has 0 fully saturated rings. The summed E-state index contributed by atoms with van der Waals surface area (Å²) in [6.07, 6.45) is 6.60. The number of unbranched alkanes of at least 4 members (excludes halogenated alkanes) is 3. The minimum atomic E-state index is 0.608. The predicted molar refractivity (Wildman–Crippen MR) is 76.1 cm³/mol. The number of hydrogen-bond acceptors (Lipinski definition) is 0. The Morgan fingerprint density at radius 3 is 2.50 bits per heavy atom.